The molecular weight excluding hydrogens is 283 g/mol. The number of benzene rings is 1. The van der Waals surface area contributed by atoms with Gasteiger partial charge in [0.2, 0.25) is 0 Å². The Morgan fingerprint density at radius 3 is 3.05 bits per heavy atom. The highest BCUT2D eigenvalue weighted by Crippen LogP contribution is 2.19. The van der Waals surface area contributed by atoms with Crippen LogP contribution in [-0.4, -0.2) is 26.1 Å². The fourth-order valence-electron chi connectivity index (χ4n) is 1.63. The zero-order valence-electron chi connectivity index (χ0n) is 10.1. The van der Waals surface area contributed by atoms with E-state index in [1.807, 2.05) is 5.32 Å². The Bertz CT molecular complexity index is 695. The van der Waals surface area contributed by atoms with E-state index in [9.17, 15) is 9.18 Å². The summed E-state index contributed by atoms with van der Waals surface area (Å²) >= 11 is 4.46. The van der Waals surface area contributed by atoms with Gasteiger partial charge in [-0.1, -0.05) is 12.1 Å². The minimum Gasteiger partial charge on any atom is -0.465 e. The van der Waals surface area contributed by atoms with Crippen LogP contribution in [0.25, 0.3) is 0 Å². The Morgan fingerprint density at radius 2 is 2.35 bits per heavy atom. The maximum absolute atomic E-state index is 14.1. The van der Waals surface area contributed by atoms with E-state index in [0.717, 1.165) is 0 Å². The largest absolute Gasteiger partial charge is 0.465 e. The van der Waals surface area contributed by atoms with Crippen LogP contribution in [0.5, 0.6) is 0 Å². The summed E-state index contributed by atoms with van der Waals surface area (Å²) in [4.78, 5) is 14.2. The molecule has 0 aliphatic rings. The summed E-state index contributed by atoms with van der Waals surface area (Å²) in [7, 11) is 0. The van der Waals surface area contributed by atoms with Crippen molar-refractivity contribution in [3.05, 3.63) is 41.8 Å². The maximum Gasteiger partial charge on any atom is 0.409 e. The quantitative estimate of drug-likeness (QED) is 0.670. The van der Waals surface area contributed by atoms with E-state index in [1.165, 1.54) is 10.7 Å². The number of carbonyl (C=O) groups is 1. The van der Waals surface area contributed by atoms with Crippen molar-refractivity contribution in [3.63, 3.8) is 0 Å². The number of thiocarbonyl (C=S) groups is 1. The van der Waals surface area contributed by atoms with Crippen molar-refractivity contribution < 1.29 is 14.3 Å². The first-order chi connectivity index (χ1) is 9.60. The van der Waals surface area contributed by atoms with Gasteiger partial charge in [0.05, 0.1) is 17.4 Å². The van der Waals surface area contributed by atoms with Crippen LogP contribution in [0, 0.1) is 5.82 Å². The summed E-state index contributed by atoms with van der Waals surface area (Å²) in [6.45, 7) is 0.147. The molecule has 6 nitrogen and oxygen atoms in total. The SMILES string of the molecule is O=C(O)Nc1cccc(Cn2ccc(N=C=S)n2)c1F. The first-order valence-electron chi connectivity index (χ1n) is 5.49. The first-order valence-corrected chi connectivity index (χ1v) is 5.89. The molecule has 2 N–H and O–H groups in total. The number of anilines is 1. The summed E-state index contributed by atoms with van der Waals surface area (Å²) in [5.74, 6) is -0.259. The van der Waals surface area contributed by atoms with Crippen LogP contribution in [0.2, 0.25) is 0 Å². The summed E-state index contributed by atoms with van der Waals surface area (Å²) in [6, 6.07) is 6.06. The topological polar surface area (TPSA) is 79.5 Å². The van der Waals surface area contributed by atoms with Gasteiger partial charge in [0.1, 0.15) is 0 Å². The lowest BCUT2D eigenvalue weighted by Gasteiger charge is -2.08. The average Bonchev–Trinajstić information content (AvgIpc) is 2.82. The van der Waals surface area contributed by atoms with Crippen molar-refractivity contribution in [1.29, 1.82) is 0 Å². The summed E-state index contributed by atoms with van der Waals surface area (Å²) in [5.41, 5.74) is 0.205. The molecule has 0 spiro atoms. The van der Waals surface area contributed by atoms with E-state index in [2.05, 4.69) is 27.5 Å². The second kappa shape index (κ2) is 6.05. The maximum atomic E-state index is 14.1. The van der Waals surface area contributed by atoms with Gasteiger partial charge in [-0.25, -0.2) is 9.18 Å². The lowest BCUT2D eigenvalue weighted by Crippen LogP contribution is -2.11. The predicted molar refractivity (Wildman–Crippen MR) is 74.1 cm³/mol. The predicted octanol–water partition coefficient (Wildman–Crippen LogP) is 2.89. The third-order valence-electron chi connectivity index (χ3n) is 2.44. The number of hydrogen-bond donors (Lipinski definition) is 2. The van der Waals surface area contributed by atoms with E-state index >= 15 is 0 Å². The Kier molecular flexibility index (Phi) is 4.19. The van der Waals surface area contributed by atoms with E-state index < -0.39 is 11.9 Å². The van der Waals surface area contributed by atoms with Crippen molar-refractivity contribution in [2.45, 2.75) is 6.54 Å². The van der Waals surface area contributed by atoms with Gasteiger partial charge in [-0.2, -0.15) is 10.1 Å². The zero-order valence-corrected chi connectivity index (χ0v) is 10.9. The molecule has 0 unspecified atom stereocenters. The third-order valence-corrected chi connectivity index (χ3v) is 2.53. The fraction of sp³-hybridized carbons (Fsp3) is 0.0833. The second-order valence-electron chi connectivity index (χ2n) is 3.78. The molecule has 1 heterocycles. The van der Waals surface area contributed by atoms with Crippen LogP contribution in [-0.2, 0) is 6.54 Å². The van der Waals surface area contributed by atoms with E-state index in [1.54, 1.807) is 24.4 Å². The molecule has 8 heteroatoms. The third kappa shape index (κ3) is 3.25. The first kappa shape index (κ1) is 13.9. The number of carboxylic acid groups (broad SMARTS) is 1. The summed E-state index contributed by atoms with van der Waals surface area (Å²) in [6.07, 6.45) is 0.292. The number of aromatic nitrogens is 2. The van der Waals surface area contributed by atoms with Crippen molar-refractivity contribution in [1.82, 2.24) is 9.78 Å². The van der Waals surface area contributed by atoms with Gasteiger partial charge in [0.15, 0.2) is 11.6 Å². The molecule has 102 valence electrons. The molecule has 2 aromatic rings. The average molecular weight is 292 g/mol. The molecule has 0 bridgehead atoms. The van der Waals surface area contributed by atoms with Crippen molar-refractivity contribution in [3.8, 4) is 0 Å². The van der Waals surface area contributed by atoms with Crippen LogP contribution < -0.4 is 5.32 Å². The number of isothiocyanates is 1. The highest BCUT2D eigenvalue weighted by molar-refractivity contribution is 7.78. The molecule has 0 aliphatic heterocycles. The van der Waals surface area contributed by atoms with Crippen molar-refractivity contribution in [2.24, 2.45) is 4.99 Å². The van der Waals surface area contributed by atoms with Gasteiger partial charge in [0.25, 0.3) is 0 Å². The molecule has 1 aromatic heterocycles. The Morgan fingerprint density at radius 1 is 1.55 bits per heavy atom. The number of rotatable bonds is 4. The van der Waals surface area contributed by atoms with Gasteiger partial charge in [-0.15, -0.1) is 0 Å². The minimum atomic E-state index is -1.32. The number of amides is 1. The van der Waals surface area contributed by atoms with Gasteiger partial charge >= 0.3 is 6.09 Å². The molecule has 0 saturated carbocycles. The Hall–Kier alpha value is -2.57. The number of nitrogens with one attached hydrogen (secondary N) is 1. The van der Waals surface area contributed by atoms with Gasteiger partial charge in [0, 0.05) is 17.8 Å². The van der Waals surface area contributed by atoms with E-state index in [0.29, 0.717) is 11.4 Å². The normalized spacial score (nSPS) is 9.85. The number of halogens is 1. The molecule has 0 radical (unpaired) electrons. The van der Waals surface area contributed by atoms with E-state index in [4.69, 9.17) is 5.11 Å². The number of hydrogen-bond acceptors (Lipinski definition) is 4. The lowest BCUT2D eigenvalue weighted by molar-refractivity contribution is 0.209. The Balaban J connectivity index is 2.24. The second-order valence-corrected chi connectivity index (χ2v) is 3.97. The molecule has 20 heavy (non-hydrogen) atoms. The molecular formula is C12H9FN4O2S. The highest BCUT2D eigenvalue weighted by Gasteiger charge is 2.10. The number of aliphatic imine (C=N–C) groups is 1. The molecule has 0 aliphatic carbocycles. The zero-order chi connectivity index (χ0) is 14.5. The summed E-state index contributed by atoms with van der Waals surface area (Å²) in [5, 5.41) is 16.8. The standard InChI is InChI=1S/C12H9FN4O2S/c13-11-8(2-1-3-9(11)15-12(18)19)6-17-5-4-10(16-17)14-7-20/h1-5,15H,6H2,(H,18,19). The molecule has 1 aromatic carbocycles. The van der Waals surface area contributed by atoms with Crippen LogP contribution in [0.4, 0.5) is 20.7 Å². The molecule has 0 saturated heterocycles. The van der Waals surface area contributed by atoms with Gasteiger partial charge in [-0.05, 0) is 18.3 Å². The lowest BCUT2D eigenvalue weighted by atomic mass is 10.2. The minimum absolute atomic E-state index is 0.0979. The molecule has 2 rings (SSSR count). The molecule has 0 fully saturated rings. The van der Waals surface area contributed by atoms with Gasteiger partial charge in [-0.3, -0.25) is 10.00 Å². The van der Waals surface area contributed by atoms with Gasteiger partial charge < -0.3 is 5.11 Å². The molecule has 1 amide bonds. The smallest absolute Gasteiger partial charge is 0.409 e. The fourth-order valence-corrected chi connectivity index (χ4v) is 1.73. The van der Waals surface area contributed by atoms with Crippen molar-refractivity contribution >= 4 is 35.0 Å². The summed E-state index contributed by atoms with van der Waals surface area (Å²) < 4.78 is 15.5. The van der Waals surface area contributed by atoms with E-state index in [-0.39, 0.29) is 12.2 Å². The van der Waals surface area contributed by atoms with Crippen LogP contribution >= 0.6 is 12.2 Å². The van der Waals surface area contributed by atoms with Crippen LogP contribution in [0.3, 0.4) is 0 Å². The van der Waals surface area contributed by atoms with Crippen LogP contribution in [0.15, 0.2) is 35.5 Å². The van der Waals surface area contributed by atoms with Crippen LogP contribution in [0.1, 0.15) is 5.56 Å². The molecule has 0 atom stereocenters. The Labute approximate surface area is 118 Å². The van der Waals surface area contributed by atoms with Crippen molar-refractivity contribution in [2.75, 3.05) is 5.32 Å². The monoisotopic (exact) mass is 292 g/mol. The highest BCUT2D eigenvalue weighted by atomic mass is 32.1. The number of nitrogens with zero attached hydrogens (tertiary/aromatic N) is 3.